The predicted molar refractivity (Wildman–Crippen MR) is 141 cm³/mol. The van der Waals surface area contributed by atoms with E-state index in [1.807, 2.05) is 37.3 Å². The first kappa shape index (κ1) is 24.9. The minimum absolute atomic E-state index is 0.0580. The number of aliphatic carboxylic acids is 1. The van der Waals surface area contributed by atoms with Gasteiger partial charge in [0.05, 0.1) is 18.0 Å². The summed E-state index contributed by atoms with van der Waals surface area (Å²) in [6, 6.07) is 19.1. The summed E-state index contributed by atoms with van der Waals surface area (Å²) in [7, 11) is 0. The number of hydrogen-bond acceptors (Lipinski definition) is 7. The minimum Gasteiger partial charge on any atom is -0.481 e. The van der Waals surface area contributed by atoms with E-state index in [-0.39, 0.29) is 12.5 Å². The van der Waals surface area contributed by atoms with Crippen molar-refractivity contribution in [2.75, 3.05) is 5.32 Å². The molecule has 0 saturated heterocycles. The molecule has 5 rings (SSSR count). The maximum Gasteiger partial charge on any atom is 0.355 e. The molecule has 10 nitrogen and oxygen atoms in total. The van der Waals surface area contributed by atoms with Gasteiger partial charge in [0.1, 0.15) is 5.75 Å². The van der Waals surface area contributed by atoms with E-state index in [1.165, 1.54) is 4.57 Å². The Morgan fingerprint density at radius 2 is 1.79 bits per heavy atom. The number of hydrogen-bond donors (Lipinski definition) is 2. The lowest BCUT2D eigenvalue weighted by atomic mass is 9.98. The maximum absolute atomic E-state index is 13.7. The molecule has 0 aliphatic heterocycles. The van der Waals surface area contributed by atoms with E-state index in [1.54, 1.807) is 49.5 Å². The Balaban J connectivity index is 1.50. The van der Waals surface area contributed by atoms with Crippen molar-refractivity contribution in [2.45, 2.75) is 39.3 Å². The average Bonchev–Trinajstić information content (AvgIpc) is 3.72. The van der Waals surface area contributed by atoms with Crippen LogP contribution in [0.5, 0.6) is 11.6 Å². The summed E-state index contributed by atoms with van der Waals surface area (Å²) < 4.78 is 8.04. The van der Waals surface area contributed by atoms with Gasteiger partial charge in [-0.2, -0.15) is 4.98 Å². The third-order valence-electron chi connectivity index (χ3n) is 6.93. The summed E-state index contributed by atoms with van der Waals surface area (Å²) in [4.78, 5) is 47.0. The first-order chi connectivity index (χ1) is 18.3. The summed E-state index contributed by atoms with van der Waals surface area (Å²) in [6.45, 7) is 3.70. The van der Waals surface area contributed by atoms with Gasteiger partial charge in [-0.1, -0.05) is 35.9 Å². The lowest BCUT2D eigenvalue weighted by Crippen LogP contribution is -2.47. The molecule has 0 spiro atoms. The molecule has 1 saturated carbocycles. The van der Waals surface area contributed by atoms with Crippen LogP contribution >= 0.6 is 0 Å². The predicted octanol–water partition coefficient (Wildman–Crippen LogP) is 4.12. The fourth-order valence-electron chi connectivity index (χ4n) is 4.41. The van der Waals surface area contributed by atoms with Gasteiger partial charge < -0.3 is 15.2 Å². The molecule has 38 heavy (non-hydrogen) atoms. The number of carbonyl (C=O) groups is 1. The summed E-state index contributed by atoms with van der Waals surface area (Å²) in [5, 5.41) is 12.8. The number of nitrogens with one attached hydrogen (secondary N) is 1. The molecular formula is C28H27N5O5. The highest BCUT2D eigenvalue weighted by Crippen LogP contribution is 2.53. The quantitative estimate of drug-likeness (QED) is 0.342. The number of ether oxygens (including phenoxy) is 1. The van der Waals surface area contributed by atoms with E-state index in [4.69, 9.17) is 4.74 Å². The fraction of sp³-hybridized carbons (Fsp3) is 0.250. The zero-order valence-electron chi connectivity index (χ0n) is 21.0. The van der Waals surface area contributed by atoms with Gasteiger partial charge in [0.15, 0.2) is 0 Å². The van der Waals surface area contributed by atoms with Gasteiger partial charge >= 0.3 is 17.3 Å². The van der Waals surface area contributed by atoms with Crippen molar-refractivity contribution in [2.24, 2.45) is 5.41 Å². The van der Waals surface area contributed by atoms with Crippen molar-refractivity contribution in [1.82, 2.24) is 19.1 Å². The summed E-state index contributed by atoms with van der Waals surface area (Å²) >= 11 is 0. The Morgan fingerprint density at radius 3 is 2.39 bits per heavy atom. The zero-order valence-corrected chi connectivity index (χ0v) is 21.0. The molecule has 2 aromatic heterocycles. The molecule has 2 N–H and O–H groups in total. The smallest absolute Gasteiger partial charge is 0.355 e. The standard InChI is InChI=1S/C28H27N5O5/c1-18-6-8-20(9-7-18)17-32-25(30-21-10-12-22(13-11-21)38-23-5-3-4-16-29-23)31-26(36)33(27(32)37)19(2)28(14-15-28)24(34)35/h3-13,16,19H,14-15,17H2,1-2H3,(H,34,35)(H,30,31,36)/t19-/m1/s1. The number of carboxylic acids is 1. The Bertz CT molecular complexity index is 1570. The molecule has 0 amide bonds. The van der Waals surface area contributed by atoms with Crippen molar-refractivity contribution < 1.29 is 14.6 Å². The highest BCUT2D eigenvalue weighted by Gasteiger charge is 2.56. The molecule has 0 bridgehead atoms. The second-order valence-electron chi connectivity index (χ2n) is 9.50. The number of carboxylic acid groups (broad SMARTS) is 1. The van der Waals surface area contributed by atoms with E-state index in [2.05, 4.69) is 15.3 Å². The van der Waals surface area contributed by atoms with Crippen LogP contribution in [-0.4, -0.2) is 30.2 Å². The molecule has 1 aliphatic carbocycles. The van der Waals surface area contributed by atoms with Crippen LogP contribution in [0, 0.1) is 12.3 Å². The molecule has 4 aromatic rings. The second-order valence-corrected chi connectivity index (χ2v) is 9.50. The Labute approximate surface area is 218 Å². The number of aryl methyl sites for hydroxylation is 1. The van der Waals surface area contributed by atoms with Crippen LogP contribution in [0.2, 0.25) is 0 Å². The number of pyridine rings is 1. The van der Waals surface area contributed by atoms with Gasteiger partial charge in [-0.3, -0.25) is 9.36 Å². The van der Waals surface area contributed by atoms with Gasteiger partial charge in [0.25, 0.3) is 0 Å². The third kappa shape index (κ3) is 4.93. The van der Waals surface area contributed by atoms with Crippen molar-refractivity contribution in [3.63, 3.8) is 0 Å². The first-order valence-corrected chi connectivity index (χ1v) is 12.3. The van der Waals surface area contributed by atoms with E-state index in [0.717, 1.165) is 15.7 Å². The van der Waals surface area contributed by atoms with Crippen LogP contribution in [0.15, 0.2) is 82.5 Å². The van der Waals surface area contributed by atoms with Gasteiger partial charge in [0, 0.05) is 18.0 Å². The van der Waals surface area contributed by atoms with Crippen molar-refractivity contribution in [1.29, 1.82) is 0 Å². The van der Waals surface area contributed by atoms with Crippen molar-refractivity contribution in [3.8, 4) is 11.6 Å². The Kier molecular flexibility index (Phi) is 6.54. The van der Waals surface area contributed by atoms with Crippen LogP contribution in [0.25, 0.3) is 0 Å². The van der Waals surface area contributed by atoms with Crippen LogP contribution < -0.4 is 21.4 Å². The molecule has 0 unspecified atom stereocenters. The average molecular weight is 514 g/mol. The summed E-state index contributed by atoms with van der Waals surface area (Å²) in [6.07, 6.45) is 2.44. The van der Waals surface area contributed by atoms with Crippen LogP contribution in [0.1, 0.15) is 36.9 Å². The fourth-order valence-corrected chi connectivity index (χ4v) is 4.41. The van der Waals surface area contributed by atoms with Gasteiger partial charge in [-0.15, -0.1) is 0 Å². The van der Waals surface area contributed by atoms with E-state index >= 15 is 0 Å². The zero-order chi connectivity index (χ0) is 26.9. The topological polar surface area (TPSA) is 128 Å². The third-order valence-corrected chi connectivity index (χ3v) is 6.93. The van der Waals surface area contributed by atoms with E-state index in [9.17, 15) is 19.5 Å². The lowest BCUT2D eigenvalue weighted by molar-refractivity contribution is -0.145. The summed E-state index contributed by atoms with van der Waals surface area (Å²) in [5.74, 6) is 0.0559. The van der Waals surface area contributed by atoms with Gasteiger partial charge in [0.2, 0.25) is 11.8 Å². The molecule has 2 aromatic carbocycles. The number of nitrogens with zero attached hydrogens (tertiary/aromatic N) is 4. The highest BCUT2D eigenvalue weighted by molar-refractivity contribution is 5.78. The molecule has 10 heteroatoms. The van der Waals surface area contributed by atoms with Crippen LogP contribution in [0.3, 0.4) is 0 Å². The number of rotatable bonds is 9. The monoisotopic (exact) mass is 513 g/mol. The molecule has 194 valence electrons. The number of aromatic nitrogens is 4. The van der Waals surface area contributed by atoms with Crippen LogP contribution in [-0.2, 0) is 11.3 Å². The molecule has 2 heterocycles. The lowest BCUT2D eigenvalue weighted by Gasteiger charge is -2.23. The molecule has 1 atom stereocenters. The maximum atomic E-state index is 13.7. The SMILES string of the molecule is Cc1ccc(Cn2c(Nc3ccc(Oc4ccccn4)cc3)nc(=O)n([C@H](C)C3(C(=O)O)CC3)c2=O)cc1. The van der Waals surface area contributed by atoms with Crippen molar-refractivity contribution >= 4 is 17.6 Å². The minimum atomic E-state index is -1.13. The number of benzene rings is 2. The summed E-state index contributed by atoms with van der Waals surface area (Å²) in [5.41, 5.74) is -0.0708. The molecular weight excluding hydrogens is 486 g/mol. The molecule has 0 radical (unpaired) electrons. The van der Waals surface area contributed by atoms with Gasteiger partial charge in [-0.05, 0) is 62.6 Å². The Hall–Kier alpha value is -4.73. The largest absolute Gasteiger partial charge is 0.481 e. The van der Waals surface area contributed by atoms with Crippen LogP contribution in [0.4, 0.5) is 11.6 Å². The first-order valence-electron chi connectivity index (χ1n) is 12.3. The highest BCUT2D eigenvalue weighted by atomic mass is 16.5. The van der Waals surface area contributed by atoms with E-state index in [0.29, 0.717) is 30.2 Å². The second kappa shape index (κ2) is 9.97. The Morgan fingerprint density at radius 1 is 1.08 bits per heavy atom. The number of anilines is 2. The van der Waals surface area contributed by atoms with Crippen molar-refractivity contribution in [3.05, 3.63) is 105 Å². The molecule has 1 aliphatic rings. The molecule has 1 fully saturated rings. The van der Waals surface area contributed by atoms with Gasteiger partial charge in [-0.25, -0.2) is 19.1 Å². The van der Waals surface area contributed by atoms with E-state index < -0.39 is 28.8 Å². The normalized spacial score (nSPS) is 14.5.